The molecule has 0 aromatic heterocycles. The number of nitrogens with zero attached hydrogens (tertiary/aromatic N) is 1. The second kappa shape index (κ2) is 4.18. The first-order valence-corrected chi connectivity index (χ1v) is 5.92. The lowest BCUT2D eigenvalue weighted by Gasteiger charge is -2.11. The summed E-state index contributed by atoms with van der Waals surface area (Å²) in [6.45, 7) is 5.51. The minimum Gasteiger partial charge on any atom is -0.277 e. The lowest BCUT2D eigenvalue weighted by molar-refractivity contribution is 0.621. The molecule has 0 saturated carbocycles. The van der Waals surface area contributed by atoms with Gasteiger partial charge in [-0.05, 0) is 5.92 Å². The Kier molecular flexibility index (Phi) is 2.92. The molecule has 0 spiro atoms. The summed E-state index contributed by atoms with van der Waals surface area (Å²) in [5.41, 5.74) is 1.26. The van der Waals surface area contributed by atoms with Gasteiger partial charge in [0.15, 0.2) is 0 Å². The second-order valence-corrected chi connectivity index (χ2v) is 5.14. The summed E-state index contributed by atoms with van der Waals surface area (Å²) < 4.78 is 0. The first kappa shape index (κ1) is 9.78. The molecule has 0 bridgehead atoms. The van der Waals surface area contributed by atoms with E-state index in [1.165, 1.54) is 10.6 Å². The van der Waals surface area contributed by atoms with E-state index in [1.54, 1.807) is 0 Å². The van der Waals surface area contributed by atoms with Gasteiger partial charge in [-0.3, -0.25) is 4.99 Å². The summed E-state index contributed by atoms with van der Waals surface area (Å²) in [6, 6.07) is 10.5. The minimum absolute atomic E-state index is 0.671. The van der Waals surface area contributed by atoms with E-state index in [9.17, 15) is 0 Å². The number of hydrogen-bond acceptors (Lipinski definition) is 2. The molecule has 2 heteroatoms. The quantitative estimate of drug-likeness (QED) is 0.722. The predicted molar refractivity (Wildman–Crippen MR) is 64.1 cm³/mol. The van der Waals surface area contributed by atoms with Crippen molar-refractivity contribution in [3.05, 3.63) is 35.9 Å². The zero-order valence-corrected chi connectivity index (χ0v) is 9.42. The summed E-state index contributed by atoms with van der Waals surface area (Å²) >= 11 is 1.92. The molecule has 1 nitrogen and oxygen atoms in total. The van der Waals surface area contributed by atoms with E-state index in [0.29, 0.717) is 11.2 Å². The number of benzene rings is 1. The fourth-order valence-electron chi connectivity index (χ4n) is 1.48. The van der Waals surface area contributed by atoms with Gasteiger partial charge in [0.05, 0.1) is 11.6 Å². The first-order chi connectivity index (χ1) is 6.77. The molecule has 2 rings (SSSR count). The van der Waals surface area contributed by atoms with Crippen LogP contribution in [0.5, 0.6) is 0 Å². The van der Waals surface area contributed by atoms with Crippen molar-refractivity contribution in [2.45, 2.75) is 19.1 Å². The largest absolute Gasteiger partial charge is 0.277 e. The Hall–Kier alpha value is -0.760. The Labute approximate surface area is 89.6 Å². The summed E-state index contributed by atoms with van der Waals surface area (Å²) in [4.78, 5) is 4.59. The highest BCUT2D eigenvalue weighted by atomic mass is 32.2. The monoisotopic (exact) mass is 205 g/mol. The van der Waals surface area contributed by atoms with E-state index in [2.05, 4.69) is 43.1 Å². The van der Waals surface area contributed by atoms with Gasteiger partial charge in [-0.2, -0.15) is 0 Å². The third kappa shape index (κ3) is 2.01. The highest BCUT2D eigenvalue weighted by Gasteiger charge is 2.22. The fourth-order valence-corrected chi connectivity index (χ4v) is 2.61. The molecule has 14 heavy (non-hydrogen) atoms. The molecule has 1 unspecified atom stereocenters. The van der Waals surface area contributed by atoms with Crippen molar-refractivity contribution < 1.29 is 0 Å². The van der Waals surface area contributed by atoms with E-state index in [-0.39, 0.29) is 0 Å². The average Bonchev–Trinajstić information content (AvgIpc) is 2.68. The van der Waals surface area contributed by atoms with Crippen molar-refractivity contribution in [2.24, 2.45) is 10.9 Å². The van der Waals surface area contributed by atoms with Crippen molar-refractivity contribution in [3.63, 3.8) is 0 Å². The van der Waals surface area contributed by atoms with Gasteiger partial charge in [0.1, 0.15) is 0 Å². The van der Waals surface area contributed by atoms with Gasteiger partial charge in [0.25, 0.3) is 0 Å². The number of rotatable bonds is 2. The van der Waals surface area contributed by atoms with Crippen LogP contribution in [0, 0.1) is 5.92 Å². The van der Waals surface area contributed by atoms with Gasteiger partial charge in [-0.1, -0.05) is 44.2 Å². The van der Waals surface area contributed by atoms with Crippen LogP contribution in [0.2, 0.25) is 0 Å². The Morgan fingerprint density at radius 2 is 2.00 bits per heavy atom. The maximum Gasteiger partial charge on any atom is 0.0980 e. The van der Waals surface area contributed by atoms with Crippen molar-refractivity contribution in [3.8, 4) is 0 Å². The molecule has 1 aliphatic heterocycles. The zero-order chi connectivity index (χ0) is 9.97. The Morgan fingerprint density at radius 3 is 2.57 bits per heavy atom. The zero-order valence-electron chi connectivity index (χ0n) is 8.60. The number of hydrogen-bond donors (Lipinski definition) is 0. The van der Waals surface area contributed by atoms with E-state index in [0.717, 1.165) is 6.54 Å². The van der Waals surface area contributed by atoms with Crippen LogP contribution in [-0.2, 0) is 0 Å². The minimum atomic E-state index is 0.671. The van der Waals surface area contributed by atoms with Crippen LogP contribution >= 0.6 is 11.8 Å². The third-order valence-electron chi connectivity index (χ3n) is 2.44. The molecule has 0 radical (unpaired) electrons. The van der Waals surface area contributed by atoms with Crippen LogP contribution in [0.4, 0.5) is 0 Å². The topological polar surface area (TPSA) is 12.4 Å². The van der Waals surface area contributed by atoms with E-state index in [4.69, 9.17) is 0 Å². The maximum absolute atomic E-state index is 4.59. The maximum atomic E-state index is 4.59. The smallest absolute Gasteiger partial charge is 0.0980 e. The van der Waals surface area contributed by atoms with Gasteiger partial charge < -0.3 is 0 Å². The van der Waals surface area contributed by atoms with Crippen LogP contribution in [0.15, 0.2) is 35.3 Å². The summed E-state index contributed by atoms with van der Waals surface area (Å²) in [5.74, 6) is 0.713. The fraction of sp³-hybridized carbons (Fsp3) is 0.417. The number of aliphatic imine (C=N–C) groups is 1. The average molecular weight is 205 g/mol. The van der Waals surface area contributed by atoms with Gasteiger partial charge in [0.2, 0.25) is 0 Å². The predicted octanol–water partition coefficient (Wildman–Crippen LogP) is 3.20. The van der Waals surface area contributed by atoms with Gasteiger partial charge in [-0.25, -0.2) is 0 Å². The summed E-state index contributed by atoms with van der Waals surface area (Å²) in [5, 5.41) is 1.88. The van der Waals surface area contributed by atoms with Crippen LogP contribution in [0.3, 0.4) is 0 Å². The molecule has 1 atom stereocenters. The molecule has 0 aliphatic carbocycles. The molecule has 1 heterocycles. The van der Waals surface area contributed by atoms with Crippen LogP contribution < -0.4 is 0 Å². The van der Waals surface area contributed by atoms with E-state index >= 15 is 0 Å². The molecular formula is C12H15NS. The standard InChI is InChI=1S/C12H15NS/c1-9(2)11-8-13-12(14-11)10-6-4-3-5-7-10/h3-7,9,11H,8H2,1-2H3. The molecule has 1 aromatic rings. The van der Waals surface area contributed by atoms with Crippen molar-refractivity contribution in [1.82, 2.24) is 0 Å². The highest BCUT2D eigenvalue weighted by molar-refractivity contribution is 8.15. The third-order valence-corrected chi connectivity index (χ3v) is 4.03. The summed E-state index contributed by atoms with van der Waals surface area (Å²) in [6.07, 6.45) is 0. The molecule has 0 amide bonds. The Balaban J connectivity index is 2.09. The Bertz CT molecular complexity index is 329. The van der Waals surface area contributed by atoms with Crippen molar-refractivity contribution in [2.75, 3.05) is 6.54 Å². The van der Waals surface area contributed by atoms with E-state index in [1.807, 2.05) is 17.8 Å². The highest BCUT2D eigenvalue weighted by Crippen LogP contribution is 2.30. The van der Waals surface area contributed by atoms with Crippen molar-refractivity contribution in [1.29, 1.82) is 0 Å². The van der Waals surface area contributed by atoms with Crippen LogP contribution in [0.25, 0.3) is 0 Å². The molecule has 74 valence electrons. The first-order valence-electron chi connectivity index (χ1n) is 5.04. The van der Waals surface area contributed by atoms with Crippen molar-refractivity contribution >= 4 is 16.8 Å². The van der Waals surface area contributed by atoms with Crippen LogP contribution in [-0.4, -0.2) is 16.8 Å². The lowest BCUT2D eigenvalue weighted by Crippen LogP contribution is -2.11. The lowest BCUT2D eigenvalue weighted by atomic mass is 10.1. The van der Waals surface area contributed by atoms with Gasteiger partial charge in [0, 0.05) is 10.8 Å². The normalized spacial score (nSPS) is 21.4. The Morgan fingerprint density at radius 1 is 1.29 bits per heavy atom. The van der Waals surface area contributed by atoms with Gasteiger partial charge >= 0.3 is 0 Å². The molecule has 1 aliphatic rings. The molecule has 1 aromatic carbocycles. The van der Waals surface area contributed by atoms with Crippen LogP contribution in [0.1, 0.15) is 19.4 Å². The molecule has 0 fully saturated rings. The molecule has 0 saturated heterocycles. The molecular weight excluding hydrogens is 190 g/mol. The number of thioether (sulfide) groups is 1. The van der Waals surface area contributed by atoms with Gasteiger partial charge in [-0.15, -0.1) is 11.8 Å². The second-order valence-electron chi connectivity index (χ2n) is 3.91. The SMILES string of the molecule is CC(C)C1CN=C(c2ccccc2)S1. The molecule has 0 N–H and O–H groups in total. The summed E-state index contributed by atoms with van der Waals surface area (Å²) in [7, 11) is 0. The van der Waals surface area contributed by atoms with E-state index < -0.39 is 0 Å².